The number of aliphatic hydroxyl groups is 1. The zero-order valence-corrected chi connectivity index (χ0v) is 12.1. The fourth-order valence-corrected chi connectivity index (χ4v) is 1.53. The molecule has 2 N–H and O–H groups in total. The van der Waals surface area contributed by atoms with Gasteiger partial charge in [0.15, 0.2) is 0 Å². The van der Waals surface area contributed by atoms with Gasteiger partial charge in [-0.3, -0.25) is 0 Å². The molecule has 0 heterocycles. The number of benzene rings is 1. The van der Waals surface area contributed by atoms with Crippen molar-refractivity contribution >= 4 is 11.7 Å². The maximum atomic E-state index is 13.2. The molecule has 0 spiro atoms. The summed E-state index contributed by atoms with van der Waals surface area (Å²) < 4.78 is 18.4. The molecular formula is C15H19FN2O3. The number of halogens is 1. The molecule has 114 valence electrons. The first kappa shape index (κ1) is 16.8. The topological polar surface area (TPSA) is 61.8 Å². The highest BCUT2D eigenvalue weighted by atomic mass is 19.1. The van der Waals surface area contributed by atoms with Gasteiger partial charge in [0, 0.05) is 19.7 Å². The summed E-state index contributed by atoms with van der Waals surface area (Å²) in [4.78, 5) is 13.4. The van der Waals surface area contributed by atoms with Crippen molar-refractivity contribution in [2.75, 3.05) is 25.5 Å². The molecule has 2 amide bonds. The monoisotopic (exact) mass is 294 g/mol. The standard InChI is InChI=1S/C15H19FN2O3/c1-4-9-21-14-10-12(16)5-6-13(14)17-15(20)18(3)8-7-11(2)19/h1,5-6,10-11,19H,7-9H2,2-3H3,(H,17,20). The SMILES string of the molecule is C#CCOc1cc(F)ccc1NC(=O)N(C)CCC(C)O. The molecule has 0 bridgehead atoms. The van der Waals surface area contributed by atoms with E-state index >= 15 is 0 Å². The Labute approximate surface area is 123 Å². The number of nitrogens with zero attached hydrogens (tertiary/aromatic N) is 1. The lowest BCUT2D eigenvalue weighted by molar-refractivity contribution is 0.167. The molecule has 1 aromatic rings. The van der Waals surface area contributed by atoms with E-state index in [1.165, 1.54) is 17.0 Å². The molecule has 1 aromatic carbocycles. The molecule has 0 aromatic heterocycles. The molecule has 6 heteroatoms. The Hall–Kier alpha value is -2.26. The van der Waals surface area contributed by atoms with E-state index in [0.717, 1.165) is 6.07 Å². The van der Waals surface area contributed by atoms with E-state index in [0.29, 0.717) is 18.7 Å². The normalized spacial score (nSPS) is 11.4. The van der Waals surface area contributed by atoms with Crippen molar-refractivity contribution in [1.82, 2.24) is 4.90 Å². The van der Waals surface area contributed by atoms with Crippen LogP contribution in [0, 0.1) is 18.2 Å². The lowest BCUT2D eigenvalue weighted by atomic mass is 10.2. The Balaban J connectivity index is 2.72. The van der Waals surface area contributed by atoms with Crippen LogP contribution < -0.4 is 10.1 Å². The first-order valence-electron chi connectivity index (χ1n) is 6.50. The predicted octanol–water partition coefficient (Wildman–Crippen LogP) is 2.07. The number of rotatable bonds is 6. The van der Waals surface area contributed by atoms with Crippen molar-refractivity contribution in [2.45, 2.75) is 19.4 Å². The quantitative estimate of drug-likeness (QED) is 0.790. The smallest absolute Gasteiger partial charge is 0.321 e. The Morgan fingerprint density at radius 1 is 1.62 bits per heavy atom. The zero-order chi connectivity index (χ0) is 15.8. The molecule has 5 nitrogen and oxygen atoms in total. The minimum atomic E-state index is -0.486. The molecule has 1 unspecified atom stereocenters. The fourth-order valence-electron chi connectivity index (χ4n) is 1.53. The van der Waals surface area contributed by atoms with Crippen molar-refractivity contribution in [1.29, 1.82) is 0 Å². The van der Waals surface area contributed by atoms with Crippen LogP contribution in [0.15, 0.2) is 18.2 Å². The Bertz CT molecular complexity index is 526. The number of urea groups is 1. The number of amides is 2. The Morgan fingerprint density at radius 2 is 2.33 bits per heavy atom. The van der Waals surface area contributed by atoms with Crippen LogP contribution in [-0.4, -0.2) is 42.3 Å². The number of aliphatic hydroxyl groups excluding tert-OH is 1. The average Bonchev–Trinajstić information content (AvgIpc) is 2.44. The molecular weight excluding hydrogens is 275 g/mol. The van der Waals surface area contributed by atoms with Crippen molar-refractivity contribution in [3.63, 3.8) is 0 Å². The molecule has 0 aliphatic rings. The summed E-state index contributed by atoms with van der Waals surface area (Å²) in [6, 6.07) is 3.39. The highest BCUT2D eigenvalue weighted by Gasteiger charge is 2.13. The van der Waals surface area contributed by atoms with Crippen LogP contribution in [0.5, 0.6) is 5.75 Å². The van der Waals surface area contributed by atoms with E-state index in [1.807, 2.05) is 0 Å². The van der Waals surface area contributed by atoms with Crippen LogP contribution in [0.3, 0.4) is 0 Å². The third-order valence-electron chi connectivity index (χ3n) is 2.73. The molecule has 21 heavy (non-hydrogen) atoms. The maximum Gasteiger partial charge on any atom is 0.321 e. The fraction of sp³-hybridized carbons (Fsp3) is 0.400. The van der Waals surface area contributed by atoms with E-state index in [9.17, 15) is 14.3 Å². The van der Waals surface area contributed by atoms with Gasteiger partial charge in [-0.25, -0.2) is 9.18 Å². The molecule has 0 radical (unpaired) electrons. The third-order valence-corrected chi connectivity index (χ3v) is 2.73. The molecule has 1 rings (SSSR count). The first-order valence-corrected chi connectivity index (χ1v) is 6.50. The number of carbonyl (C=O) groups is 1. The van der Waals surface area contributed by atoms with Gasteiger partial charge in [-0.15, -0.1) is 6.42 Å². The highest BCUT2D eigenvalue weighted by Crippen LogP contribution is 2.25. The van der Waals surface area contributed by atoms with Gasteiger partial charge in [0.2, 0.25) is 0 Å². The number of ether oxygens (including phenoxy) is 1. The number of hydrogen-bond acceptors (Lipinski definition) is 3. The van der Waals surface area contributed by atoms with Gasteiger partial charge in [-0.2, -0.15) is 0 Å². The van der Waals surface area contributed by atoms with E-state index in [-0.39, 0.29) is 18.4 Å². The number of nitrogens with one attached hydrogen (secondary N) is 1. The van der Waals surface area contributed by atoms with Crippen molar-refractivity contribution in [3.8, 4) is 18.1 Å². The lowest BCUT2D eigenvalue weighted by Gasteiger charge is -2.19. The van der Waals surface area contributed by atoms with E-state index in [1.54, 1.807) is 14.0 Å². The summed E-state index contributed by atoms with van der Waals surface area (Å²) in [5.74, 6) is 1.96. The van der Waals surface area contributed by atoms with Crippen LogP contribution in [0.1, 0.15) is 13.3 Å². The third kappa shape index (κ3) is 5.71. The minimum absolute atomic E-state index is 0.0236. The second kappa shape index (κ2) is 8.12. The van der Waals surface area contributed by atoms with Gasteiger partial charge in [0.1, 0.15) is 18.2 Å². The van der Waals surface area contributed by atoms with Crippen LogP contribution in [-0.2, 0) is 0 Å². The first-order chi connectivity index (χ1) is 9.93. The van der Waals surface area contributed by atoms with E-state index < -0.39 is 11.9 Å². The minimum Gasteiger partial charge on any atom is -0.479 e. The number of terminal acetylenes is 1. The molecule has 0 fully saturated rings. The predicted molar refractivity (Wildman–Crippen MR) is 78.7 cm³/mol. The second-order valence-electron chi connectivity index (χ2n) is 4.62. The van der Waals surface area contributed by atoms with Crippen LogP contribution >= 0.6 is 0 Å². The van der Waals surface area contributed by atoms with Crippen molar-refractivity contribution < 1.29 is 19.0 Å². The number of anilines is 1. The molecule has 0 saturated heterocycles. The zero-order valence-electron chi connectivity index (χ0n) is 12.1. The summed E-state index contributed by atoms with van der Waals surface area (Å²) >= 11 is 0. The summed E-state index contributed by atoms with van der Waals surface area (Å²) in [5.41, 5.74) is 0.334. The van der Waals surface area contributed by atoms with Crippen LogP contribution in [0.2, 0.25) is 0 Å². The number of carbonyl (C=O) groups excluding carboxylic acids is 1. The maximum absolute atomic E-state index is 13.2. The van der Waals surface area contributed by atoms with E-state index in [4.69, 9.17) is 11.2 Å². The second-order valence-corrected chi connectivity index (χ2v) is 4.62. The lowest BCUT2D eigenvalue weighted by Crippen LogP contribution is -2.33. The molecule has 1 atom stereocenters. The summed E-state index contributed by atoms with van der Waals surface area (Å²) in [6.07, 6.45) is 5.07. The van der Waals surface area contributed by atoms with Crippen molar-refractivity contribution in [2.24, 2.45) is 0 Å². The summed E-state index contributed by atoms with van der Waals surface area (Å²) in [7, 11) is 1.60. The molecule has 0 saturated carbocycles. The van der Waals surface area contributed by atoms with Gasteiger partial charge >= 0.3 is 6.03 Å². The van der Waals surface area contributed by atoms with Gasteiger partial charge in [-0.1, -0.05) is 5.92 Å². The highest BCUT2D eigenvalue weighted by molar-refractivity contribution is 5.90. The van der Waals surface area contributed by atoms with Crippen LogP contribution in [0.4, 0.5) is 14.9 Å². The Kier molecular flexibility index (Phi) is 6.50. The summed E-state index contributed by atoms with van der Waals surface area (Å²) in [5, 5.41) is 11.8. The Morgan fingerprint density at radius 3 is 2.95 bits per heavy atom. The van der Waals surface area contributed by atoms with Gasteiger partial charge in [0.25, 0.3) is 0 Å². The number of hydrogen-bond donors (Lipinski definition) is 2. The van der Waals surface area contributed by atoms with Gasteiger partial charge in [-0.05, 0) is 25.5 Å². The largest absolute Gasteiger partial charge is 0.479 e. The molecule has 0 aliphatic carbocycles. The molecule has 0 aliphatic heterocycles. The summed E-state index contributed by atoms with van der Waals surface area (Å²) in [6.45, 7) is 2.02. The van der Waals surface area contributed by atoms with Gasteiger partial charge in [0.05, 0.1) is 11.8 Å². The average molecular weight is 294 g/mol. The van der Waals surface area contributed by atoms with E-state index in [2.05, 4.69) is 11.2 Å². The van der Waals surface area contributed by atoms with Crippen LogP contribution in [0.25, 0.3) is 0 Å². The van der Waals surface area contributed by atoms with Gasteiger partial charge < -0.3 is 20.1 Å². The van der Waals surface area contributed by atoms with Crippen molar-refractivity contribution in [3.05, 3.63) is 24.0 Å².